The zero-order chi connectivity index (χ0) is 20.0. The summed E-state index contributed by atoms with van der Waals surface area (Å²) in [5.41, 5.74) is -2.62. The molecule has 8 atom stereocenters. The number of rotatable bonds is 7. The van der Waals surface area contributed by atoms with Crippen LogP contribution in [-0.2, 0) is 19.0 Å². The molecule has 2 bridgehead atoms. The van der Waals surface area contributed by atoms with Crippen molar-refractivity contribution >= 4 is 5.97 Å². The van der Waals surface area contributed by atoms with Gasteiger partial charge in [0.25, 0.3) is 0 Å². The summed E-state index contributed by atoms with van der Waals surface area (Å²) < 4.78 is 56.8. The lowest BCUT2D eigenvalue weighted by Crippen LogP contribution is -2.55. The van der Waals surface area contributed by atoms with E-state index in [2.05, 4.69) is 6.08 Å². The zero-order valence-corrected chi connectivity index (χ0v) is 15.7. The number of hydrogen-bond acceptors (Lipinski definition) is 5. The van der Waals surface area contributed by atoms with Gasteiger partial charge in [-0.15, -0.1) is 0 Å². The summed E-state index contributed by atoms with van der Waals surface area (Å²) in [6, 6.07) is 0. The van der Waals surface area contributed by atoms with E-state index in [9.17, 15) is 23.1 Å². The summed E-state index contributed by atoms with van der Waals surface area (Å²) in [4.78, 5) is 11.8. The fourth-order valence-corrected chi connectivity index (χ4v) is 5.15. The van der Waals surface area contributed by atoms with Gasteiger partial charge in [0.2, 0.25) is 0 Å². The first-order valence-electron chi connectivity index (χ1n) is 9.46. The van der Waals surface area contributed by atoms with Crippen molar-refractivity contribution in [2.24, 2.45) is 29.6 Å². The lowest BCUT2D eigenvalue weighted by atomic mass is 9.81. The number of allylic oxidation sites excluding steroid dienone is 2. The fourth-order valence-electron chi connectivity index (χ4n) is 5.15. The van der Waals surface area contributed by atoms with E-state index in [-0.39, 0.29) is 30.1 Å². The van der Waals surface area contributed by atoms with E-state index in [0.29, 0.717) is 6.61 Å². The van der Waals surface area contributed by atoms with Crippen LogP contribution in [0.15, 0.2) is 12.2 Å². The molecule has 0 aromatic heterocycles. The highest BCUT2D eigenvalue weighted by atomic mass is 19.4. The van der Waals surface area contributed by atoms with Crippen molar-refractivity contribution in [1.82, 2.24) is 0 Å². The molecule has 3 rings (SSSR count). The van der Waals surface area contributed by atoms with Crippen LogP contribution in [-0.4, -0.2) is 48.5 Å². The molecule has 0 radical (unpaired) electrons. The van der Waals surface area contributed by atoms with E-state index in [1.807, 2.05) is 6.08 Å². The molecule has 0 heterocycles. The molecular formula is C19H27F3O5. The summed E-state index contributed by atoms with van der Waals surface area (Å²) >= 11 is 0. The molecule has 0 aliphatic heterocycles. The molecule has 0 spiro atoms. The normalized spacial score (nSPS) is 37.9. The van der Waals surface area contributed by atoms with Gasteiger partial charge in [-0.1, -0.05) is 12.2 Å². The third-order valence-electron chi connectivity index (χ3n) is 6.48. The standard InChI is InChI=1S/C19H27F3O5/c1-4-25-10(2)27-15(23)9-26-18(3,19(20,21)22)14-8-13-11-5-6-12(7-11)16(13)17(14)24/h5-6,10-14,16-17,24H,4,7-9H2,1-3H3. The second kappa shape index (κ2) is 7.37. The number of esters is 1. The first-order chi connectivity index (χ1) is 12.6. The summed E-state index contributed by atoms with van der Waals surface area (Å²) in [6.45, 7) is 3.58. The van der Waals surface area contributed by atoms with Gasteiger partial charge in [0.15, 0.2) is 11.9 Å². The van der Waals surface area contributed by atoms with Crippen molar-refractivity contribution in [2.45, 2.75) is 57.8 Å². The van der Waals surface area contributed by atoms with Crippen molar-refractivity contribution in [3.8, 4) is 0 Å². The lowest BCUT2D eigenvalue weighted by Gasteiger charge is -2.39. The average molecular weight is 392 g/mol. The Morgan fingerprint density at radius 3 is 2.52 bits per heavy atom. The SMILES string of the molecule is CCOC(C)OC(=O)COC(C)(C1CC2C3C=CC(C3)C2C1O)C(F)(F)F. The quantitative estimate of drug-likeness (QED) is 0.410. The number of fused-ring (bicyclic) bond motifs is 5. The summed E-state index contributed by atoms with van der Waals surface area (Å²) in [7, 11) is 0. The van der Waals surface area contributed by atoms with Gasteiger partial charge >= 0.3 is 12.1 Å². The number of carbonyl (C=O) groups excluding carboxylic acids is 1. The molecule has 2 fully saturated rings. The predicted octanol–water partition coefficient (Wildman–Crippen LogP) is 3.07. The van der Waals surface area contributed by atoms with Crippen LogP contribution in [0, 0.1) is 29.6 Å². The molecule has 0 amide bonds. The van der Waals surface area contributed by atoms with E-state index in [1.54, 1.807) is 6.92 Å². The highest BCUT2D eigenvalue weighted by Gasteiger charge is 2.66. The van der Waals surface area contributed by atoms with Crippen LogP contribution in [0.1, 0.15) is 33.6 Å². The van der Waals surface area contributed by atoms with E-state index in [0.717, 1.165) is 13.3 Å². The maximum atomic E-state index is 13.9. The van der Waals surface area contributed by atoms with E-state index >= 15 is 0 Å². The molecule has 1 N–H and O–H groups in total. The molecule has 0 aromatic rings. The third-order valence-corrected chi connectivity index (χ3v) is 6.48. The molecule has 8 heteroatoms. The van der Waals surface area contributed by atoms with Gasteiger partial charge < -0.3 is 19.3 Å². The Labute approximate surface area is 156 Å². The van der Waals surface area contributed by atoms with Gasteiger partial charge in [0, 0.05) is 12.5 Å². The maximum Gasteiger partial charge on any atom is 0.417 e. The van der Waals surface area contributed by atoms with Crippen molar-refractivity contribution in [2.75, 3.05) is 13.2 Å². The largest absolute Gasteiger partial charge is 0.434 e. The number of aliphatic hydroxyl groups is 1. The van der Waals surface area contributed by atoms with Crippen molar-refractivity contribution in [3.05, 3.63) is 12.2 Å². The van der Waals surface area contributed by atoms with Gasteiger partial charge in [-0.2, -0.15) is 13.2 Å². The molecule has 154 valence electrons. The molecule has 3 aliphatic rings. The van der Waals surface area contributed by atoms with Gasteiger partial charge in [0.1, 0.15) is 6.61 Å². The zero-order valence-electron chi connectivity index (χ0n) is 15.7. The van der Waals surface area contributed by atoms with Crippen molar-refractivity contribution in [1.29, 1.82) is 0 Å². The number of ether oxygens (including phenoxy) is 3. The summed E-state index contributed by atoms with van der Waals surface area (Å²) in [5, 5.41) is 10.7. The number of halogens is 3. The van der Waals surface area contributed by atoms with Gasteiger partial charge in [-0.25, -0.2) is 4.79 Å². The van der Waals surface area contributed by atoms with Gasteiger partial charge in [-0.05, 0) is 57.3 Å². The minimum atomic E-state index is -4.73. The number of aliphatic hydroxyl groups excluding tert-OH is 1. The average Bonchev–Trinajstić information content (AvgIpc) is 3.25. The Kier molecular flexibility index (Phi) is 5.62. The summed E-state index contributed by atoms with van der Waals surface area (Å²) in [5.74, 6) is -1.81. The minimum Gasteiger partial charge on any atom is -0.434 e. The third kappa shape index (κ3) is 3.63. The highest BCUT2D eigenvalue weighted by molar-refractivity contribution is 5.70. The molecule has 2 saturated carbocycles. The Hall–Kier alpha value is -1.12. The Bertz CT molecular complexity index is 592. The van der Waals surface area contributed by atoms with E-state index in [4.69, 9.17) is 14.2 Å². The summed E-state index contributed by atoms with van der Waals surface area (Å²) in [6.07, 6.45) is -1.49. The van der Waals surface area contributed by atoms with E-state index < -0.39 is 42.7 Å². The first-order valence-corrected chi connectivity index (χ1v) is 9.46. The van der Waals surface area contributed by atoms with Gasteiger partial charge in [0.05, 0.1) is 6.10 Å². The molecule has 8 unspecified atom stereocenters. The van der Waals surface area contributed by atoms with Gasteiger partial charge in [-0.3, -0.25) is 0 Å². The Morgan fingerprint density at radius 1 is 1.26 bits per heavy atom. The molecule has 27 heavy (non-hydrogen) atoms. The highest BCUT2D eigenvalue weighted by Crippen LogP contribution is 2.60. The Morgan fingerprint density at radius 2 is 1.93 bits per heavy atom. The lowest BCUT2D eigenvalue weighted by molar-refractivity contribution is -0.298. The van der Waals surface area contributed by atoms with Crippen LogP contribution in [0.5, 0.6) is 0 Å². The molecule has 0 saturated heterocycles. The number of alkyl halides is 3. The molecule has 0 aromatic carbocycles. The smallest absolute Gasteiger partial charge is 0.417 e. The first kappa shape index (κ1) is 20.6. The molecular weight excluding hydrogens is 365 g/mol. The van der Waals surface area contributed by atoms with Crippen LogP contribution in [0.3, 0.4) is 0 Å². The predicted molar refractivity (Wildman–Crippen MR) is 89.4 cm³/mol. The van der Waals surface area contributed by atoms with Crippen LogP contribution in [0.2, 0.25) is 0 Å². The van der Waals surface area contributed by atoms with Crippen molar-refractivity contribution < 1.29 is 37.3 Å². The number of hydrogen-bond donors (Lipinski definition) is 1. The number of carbonyl (C=O) groups is 1. The van der Waals surface area contributed by atoms with Crippen LogP contribution >= 0.6 is 0 Å². The Balaban J connectivity index is 1.70. The van der Waals surface area contributed by atoms with Crippen LogP contribution < -0.4 is 0 Å². The topological polar surface area (TPSA) is 65.0 Å². The van der Waals surface area contributed by atoms with Crippen molar-refractivity contribution in [3.63, 3.8) is 0 Å². The maximum absolute atomic E-state index is 13.9. The molecule has 5 nitrogen and oxygen atoms in total. The molecule has 3 aliphatic carbocycles. The van der Waals surface area contributed by atoms with Crippen LogP contribution in [0.4, 0.5) is 13.2 Å². The minimum absolute atomic E-state index is 0.0372. The van der Waals surface area contributed by atoms with Crippen LogP contribution in [0.25, 0.3) is 0 Å². The second-order valence-corrected chi connectivity index (χ2v) is 7.93. The fraction of sp³-hybridized carbons (Fsp3) is 0.842. The second-order valence-electron chi connectivity index (χ2n) is 7.93. The monoisotopic (exact) mass is 392 g/mol. The van der Waals surface area contributed by atoms with E-state index in [1.165, 1.54) is 6.92 Å².